The molecule has 1 unspecified atom stereocenters. The number of nitrogens with zero attached hydrogens (tertiary/aromatic N) is 2. The molecule has 1 atom stereocenters. The second kappa shape index (κ2) is 4.21. The lowest BCUT2D eigenvalue weighted by Gasteiger charge is -2.39. The highest BCUT2D eigenvalue weighted by atomic mass is 16.2. The maximum absolute atomic E-state index is 12.0. The van der Waals surface area contributed by atoms with Crippen LogP contribution in [0.1, 0.15) is 32.6 Å². The smallest absolute Gasteiger partial charge is 0.245 e. The van der Waals surface area contributed by atoms with Crippen molar-refractivity contribution in [2.45, 2.75) is 38.6 Å². The predicted octanol–water partition coefficient (Wildman–Crippen LogP) is 0.620. The van der Waals surface area contributed by atoms with Crippen molar-refractivity contribution in [1.82, 2.24) is 9.80 Å². The topological polar surface area (TPSA) is 40.6 Å². The Kier molecular flexibility index (Phi) is 2.93. The molecule has 0 aliphatic carbocycles. The Hall–Kier alpha value is -1.06. The van der Waals surface area contributed by atoms with Gasteiger partial charge < -0.3 is 9.80 Å². The summed E-state index contributed by atoms with van der Waals surface area (Å²) in [5, 5.41) is 0. The Labute approximate surface area is 90.2 Å². The Morgan fingerprint density at radius 2 is 2.07 bits per heavy atom. The summed E-state index contributed by atoms with van der Waals surface area (Å²) in [7, 11) is 0. The Morgan fingerprint density at radius 3 is 2.80 bits per heavy atom. The molecule has 2 rings (SSSR count). The second-order valence-electron chi connectivity index (χ2n) is 4.27. The number of hydrogen-bond acceptors (Lipinski definition) is 2. The van der Waals surface area contributed by atoms with Crippen LogP contribution in [0.15, 0.2) is 0 Å². The third-order valence-corrected chi connectivity index (χ3v) is 3.40. The molecule has 0 spiro atoms. The van der Waals surface area contributed by atoms with Gasteiger partial charge in [0.05, 0.1) is 0 Å². The standard InChI is InChI=1S/C11H18N2O2/c1-2-12-7-8-13-9(11(12)15)5-3-4-6-10(13)14/h9H,2-8H2,1H3. The van der Waals surface area contributed by atoms with Crippen LogP contribution in [0.2, 0.25) is 0 Å². The first-order chi connectivity index (χ1) is 7.24. The van der Waals surface area contributed by atoms with E-state index in [4.69, 9.17) is 0 Å². The van der Waals surface area contributed by atoms with Crippen molar-refractivity contribution in [3.05, 3.63) is 0 Å². The van der Waals surface area contributed by atoms with E-state index in [1.165, 1.54) is 0 Å². The van der Waals surface area contributed by atoms with Crippen molar-refractivity contribution >= 4 is 11.8 Å². The number of likely N-dealkylation sites (N-methyl/N-ethyl adjacent to an activating group) is 1. The highest BCUT2D eigenvalue weighted by molar-refractivity contribution is 5.89. The number of hydrogen-bond donors (Lipinski definition) is 0. The second-order valence-corrected chi connectivity index (χ2v) is 4.27. The van der Waals surface area contributed by atoms with E-state index >= 15 is 0 Å². The van der Waals surface area contributed by atoms with E-state index in [0.717, 1.165) is 32.4 Å². The molecule has 0 N–H and O–H groups in total. The van der Waals surface area contributed by atoms with Gasteiger partial charge in [-0.25, -0.2) is 0 Å². The monoisotopic (exact) mass is 210 g/mol. The fourth-order valence-corrected chi connectivity index (χ4v) is 2.49. The average molecular weight is 210 g/mol. The van der Waals surface area contributed by atoms with E-state index in [0.29, 0.717) is 13.0 Å². The van der Waals surface area contributed by atoms with Gasteiger partial charge in [0.15, 0.2) is 0 Å². The summed E-state index contributed by atoms with van der Waals surface area (Å²) < 4.78 is 0. The van der Waals surface area contributed by atoms with Crippen LogP contribution in [-0.2, 0) is 9.59 Å². The highest BCUT2D eigenvalue weighted by Crippen LogP contribution is 2.22. The molecule has 0 bridgehead atoms. The first-order valence-corrected chi connectivity index (χ1v) is 5.82. The Bertz CT molecular complexity index is 278. The van der Waals surface area contributed by atoms with E-state index < -0.39 is 0 Å². The zero-order valence-corrected chi connectivity index (χ0v) is 9.24. The van der Waals surface area contributed by atoms with E-state index in [9.17, 15) is 9.59 Å². The third-order valence-electron chi connectivity index (χ3n) is 3.40. The number of amides is 2. The summed E-state index contributed by atoms with van der Waals surface area (Å²) in [4.78, 5) is 27.4. The van der Waals surface area contributed by atoms with Crippen molar-refractivity contribution in [1.29, 1.82) is 0 Å². The molecule has 4 nitrogen and oxygen atoms in total. The lowest BCUT2D eigenvalue weighted by atomic mass is 10.1. The van der Waals surface area contributed by atoms with Gasteiger partial charge in [0.2, 0.25) is 11.8 Å². The van der Waals surface area contributed by atoms with Gasteiger partial charge in [-0.05, 0) is 19.8 Å². The first-order valence-electron chi connectivity index (χ1n) is 5.82. The quantitative estimate of drug-likeness (QED) is 0.636. The zero-order valence-electron chi connectivity index (χ0n) is 9.24. The van der Waals surface area contributed by atoms with Crippen LogP contribution < -0.4 is 0 Å². The molecule has 2 amide bonds. The molecule has 2 fully saturated rings. The van der Waals surface area contributed by atoms with Gasteiger partial charge in [-0.15, -0.1) is 0 Å². The van der Waals surface area contributed by atoms with Crippen LogP contribution in [0.3, 0.4) is 0 Å². The van der Waals surface area contributed by atoms with Crippen LogP contribution in [0.5, 0.6) is 0 Å². The lowest BCUT2D eigenvalue weighted by Crippen LogP contribution is -2.57. The molecule has 2 saturated heterocycles. The van der Waals surface area contributed by atoms with Crippen molar-refractivity contribution in [2.75, 3.05) is 19.6 Å². The lowest BCUT2D eigenvalue weighted by molar-refractivity contribution is -0.150. The highest BCUT2D eigenvalue weighted by Gasteiger charge is 2.37. The Morgan fingerprint density at radius 1 is 1.27 bits per heavy atom. The number of fused-ring (bicyclic) bond motifs is 1. The summed E-state index contributed by atoms with van der Waals surface area (Å²) in [5.74, 6) is 0.320. The Balaban J connectivity index is 2.16. The van der Waals surface area contributed by atoms with Gasteiger partial charge >= 0.3 is 0 Å². The minimum atomic E-state index is -0.159. The van der Waals surface area contributed by atoms with Crippen LogP contribution in [0.4, 0.5) is 0 Å². The first kappa shape index (κ1) is 10.5. The number of piperazine rings is 1. The van der Waals surface area contributed by atoms with E-state index in [-0.39, 0.29) is 17.9 Å². The van der Waals surface area contributed by atoms with Crippen LogP contribution in [-0.4, -0.2) is 47.3 Å². The average Bonchev–Trinajstić information content (AvgIpc) is 2.42. The van der Waals surface area contributed by atoms with Crippen molar-refractivity contribution in [3.8, 4) is 0 Å². The fourth-order valence-electron chi connectivity index (χ4n) is 2.49. The minimum Gasteiger partial charge on any atom is -0.339 e. The van der Waals surface area contributed by atoms with Crippen LogP contribution >= 0.6 is 0 Å². The van der Waals surface area contributed by atoms with Crippen molar-refractivity contribution in [2.24, 2.45) is 0 Å². The summed E-state index contributed by atoms with van der Waals surface area (Å²) in [6, 6.07) is -0.159. The fraction of sp³-hybridized carbons (Fsp3) is 0.818. The molecule has 0 saturated carbocycles. The molecular weight excluding hydrogens is 192 g/mol. The number of rotatable bonds is 1. The largest absolute Gasteiger partial charge is 0.339 e. The number of carbonyl (C=O) groups is 2. The van der Waals surface area contributed by atoms with E-state index in [1.807, 2.05) is 11.8 Å². The molecule has 15 heavy (non-hydrogen) atoms. The van der Waals surface area contributed by atoms with Crippen LogP contribution in [0, 0.1) is 0 Å². The molecule has 0 aromatic heterocycles. The summed E-state index contributed by atoms with van der Waals surface area (Å²) in [6.07, 6.45) is 3.40. The summed E-state index contributed by atoms with van der Waals surface area (Å²) >= 11 is 0. The number of carbonyl (C=O) groups excluding carboxylic acids is 2. The maximum atomic E-state index is 12.0. The maximum Gasteiger partial charge on any atom is 0.245 e. The van der Waals surface area contributed by atoms with Gasteiger partial charge in [-0.3, -0.25) is 9.59 Å². The van der Waals surface area contributed by atoms with Gasteiger partial charge in [0.25, 0.3) is 0 Å². The molecule has 0 aromatic rings. The molecule has 2 aliphatic heterocycles. The molecule has 2 heterocycles. The zero-order chi connectivity index (χ0) is 10.8. The van der Waals surface area contributed by atoms with Gasteiger partial charge in [-0.2, -0.15) is 0 Å². The predicted molar refractivity (Wildman–Crippen MR) is 56.2 cm³/mol. The normalized spacial score (nSPS) is 27.7. The molecule has 2 aliphatic rings. The molecule has 84 valence electrons. The van der Waals surface area contributed by atoms with Crippen LogP contribution in [0.25, 0.3) is 0 Å². The van der Waals surface area contributed by atoms with E-state index in [1.54, 1.807) is 4.90 Å². The van der Waals surface area contributed by atoms with Gasteiger partial charge in [-0.1, -0.05) is 6.42 Å². The van der Waals surface area contributed by atoms with Crippen molar-refractivity contribution in [3.63, 3.8) is 0 Å². The summed E-state index contributed by atoms with van der Waals surface area (Å²) in [6.45, 7) is 4.18. The minimum absolute atomic E-state index is 0.152. The van der Waals surface area contributed by atoms with E-state index in [2.05, 4.69) is 0 Å². The molecule has 0 aromatic carbocycles. The molecular formula is C11H18N2O2. The van der Waals surface area contributed by atoms with Gasteiger partial charge in [0, 0.05) is 26.1 Å². The van der Waals surface area contributed by atoms with Crippen molar-refractivity contribution < 1.29 is 9.59 Å². The summed E-state index contributed by atoms with van der Waals surface area (Å²) in [5.41, 5.74) is 0. The molecule has 4 heteroatoms. The molecule has 0 radical (unpaired) electrons. The van der Waals surface area contributed by atoms with Gasteiger partial charge in [0.1, 0.15) is 6.04 Å². The third kappa shape index (κ3) is 1.85. The SMILES string of the molecule is CCN1CCN2C(=O)CCCCC2C1=O.